The summed E-state index contributed by atoms with van der Waals surface area (Å²) in [6, 6.07) is 15.8. The Labute approximate surface area is 157 Å². The lowest BCUT2D eigenvalue weighted by Crippen LogP contribution is -2.49. The minimum absolute atomic E-state index is 0.261. The van der Waals surface area contributed by atoms with E-state index in [1.807, 2.05) is 48.7 Å². The number of nitrogens with one attached hydrogen (secondary N) is 4. The Balaban J connectivity index is 1.75. The van der Waals surface area contributed by atoms with Crippen LogP contribution in [0.1, 0.15) is 5.56 Å². The van der Waals surface area contributed by atoms with Crippen LogP contribution in [0, 0.1) is 0 Å². The van der Waals surface area contributed by atoms with Gasteiger partial charge in [0.1, 0.15) is 6.04 Å². The second-order valence-corrected chi connectivity index (χ2v) is 6.11. The monoisotopic (exact) mass is 362 g/mol. The van der Waals surface area contributed by atoms with Crippen molar-refractivity contribution in [1.29, 1.82) is 0 Å². The third kappa shape index (κ3) is 4.76. The number of fused-ring (bicyclic) bond motifs is 1. The van der Waals surface area contributed by atoms with Crippen LogP contribution in [-0.4, -0.2) is 29.5 Å². The lowest BCUT2D eigenvalue weighted by molar-refractivity contribution is -0.122. The zero-order valence-electron chi connectivity index (χ0n) is 14.9. The molecule has 1 heterocycles. The molecule has 0 saturated carbocycles. The summed E-state index contributed by atoms with van der Waals surface area (Å²) in [5.41, 5.74) is 2.61. The predicted octanol–water partition coefficient (Wildman–Crippen LogP) is 3.20. The van der Waals surface area contributed by atoms with Crippen molar-refractivity contribution in [3.63, 3.8) is 0 Å². The van der Waals surface area contributed by atoms with E-state index in [-0.39, 0.29) is 5.91 Å². The fourth-order valence-corrected chi connectivity index (χ4v) is 2.87. The number of carbonyl (C=O) groups excluding carboxylic acids is 2. The fraction of sp³-hybridized carbons (Fsp3) is 0.143. The molecule has 0 radical (unpaired) electrons. The number of aromatic nitrogens is 1. The number of benzene rings is 2. The van der Waals surface area contributed by atoms with E-state index in [2.05, 4.69) is 27.5 Å². The molecule has 0 aliphatic rings. The molecule has 1 unspecified atom stereocenters. The highest BCUT2D eigenvalue weighted by atomic mass is 16.2. The molecule has 4 N–H and O–H groups in total. The maximum atomic E-state index is 12.5. The maximum absolute atomic E-state index is 12.5. The first-order valence-electron chi connectivity index (χ1n) is 8.73. The summed E-state index contributed by atoms with van der Waals surface area (Å²) >= 11 is 0. The molecule has 0 aliphatic heterocycles. The maximum Gasteiger partial charge on any atom is 0.319 e. The van der Waals surface area contributed by atoms with Gasteiger partial charge >= 0.3 is 6.03 Å². The van der Waals surface area contributed by atoms with Crippen LogP contribution in [0.2, 0.25) is 0 Å². The van der Waals surface area contributed by atoms with Crippen molar-refractivity contribution in [2.45, 2.75) is 12.5 Å². The Morgan fingerprint density at radius 2 is 1.81 bits per heavy atom. The van der Waals surface area contributed by atoms with Crippen LogP contribution in [0.5, 0.6) is 0 Å². The number of para-hydroxylation sites is 2. The van der Waals surface area contributed by atoms with E-state index >= 15 is 0 Å². The number of hydrogen-bond donors (Lipinski definition) is 4. The third-order valence-corrected chi connectivity index (χ3v) is 4.17. The molecular weight excluding hydrogens is 340 g/mol. The summed E-state index contributed by atoms with van der Waals surface area (Å²) < 4.78 is 0. The molecule has 0 bridgehead atoms. The Hall–Kier alpha value is -3.54. The van der Waals surface area contributed by atoms with Gasteiger partial charge in [-0.2, -0.15) is 0 Å². The summed E-state index contributed by atoms with van der Waals surface area (Å²) in [4.78, 5) is 28.1. The normalized spacial score (nSPS) is 11.6. The van der Waals surface area contributed by atoms with E-state index < -0.39 is 12.1 Å². The number of aromatic amines is 1. The first-order chi connectivity index (χ1) is 13.2. The van der Waals surface area contributed by atoms with Gasteiger partial charge in [0.15, 0.2) is 0 Å². The average Bonchev–Trinajstić information content (AvgIpc) is 3.09. The molecule has 0 fully saturated rings. The Morgan fingerprint density at radius 1 is 1.07 bits per heavy atom. The highest BCUT2D eigenvalue weighted by Gasteiger charge is 2.22. The molecule has 27 heavy (non-hydrogen) atoms. The van der Waals surface area contributed by atoms with E-state index in [0.717, 1.165) is 16.5 Å². The van der Waals surface area contributed by atoms with Crippen LogP contribution in [0.4, 0.5) is 10.5 Å². The van der Waals surface area contributed by atoms with Gasteiger partial charge < -0.3 is 20.9 Å². The van der Waals surface area contributed by atoms with Crippen LogP contribution in [0.25, 0.3) is 10.9 Å². The SMILES string of the molecule is C=CCNC(=O)C(Cc1c[nH]c2ccccc12)NC(=O)Nc1ccccc1. The zero-order chi connectivity index (χ0) is 19.1. The molecule has 3 rings (SSSR count). The fourth-order valence-electron chi connectivity index (χ4n) is 2.87. The molecule has 6 heteroatoms. The van der Waals surface area contributed by atoms with Crippen LogP contribution >= 0.6 is 0 Å². The standard InChI is InChI=1S/C21H22N4O2/c1-2-12-22-20(26)19(25-21(27)24-16-8-4-3-5-9-16)13-15-14-23-18-11-7-6-10-17(15)18/h2-11,14,19,23H,1,12-13H2,(H,22,26)(H2,24,25,27). The van der Waals surface area contributed by atoms with E-state index in [0.29, 0.717) is 18.7 Å². The van der Waals surface area contributed by atoms with Gasteiger partial charge in [0.05, 0.1) is 0 Å². The van der Waals surface area contributed by atoms with Crippen LogP contribution < -0.4 is 16.0 Å². The molecule has 0 saturated heterocycles. The topological polar surface area (TPSA) is 86.0 Å². The van der Waals surface area contributed by atoms with Gasteiger partial charge in [0.2, 0.25) is 5.91 Å². The minimum atomic E-state index is -0.715. The quantitative estimate of drug-likeness (QED) is 0.487. The number of rotatable bonds is 7. The molecule has 6 nitrogen and oxygen atoms in total. The number of carbonyl (C=O) groups is 2. The second-order valence-electron chi connectivity index (χ2n) is 6.11. The lowest BCUT2D eigenvalue weighted by Gasteiger charge is -2.18. The van der Waals surface area contributed by atoms with Crippen molar-refractivity contribution in [3.05, 3.63) is 79.0 Å². The van der Waals surface area contributed by atoms with Crippen molar-refractivity contribution < 1.29 is 9.59 Å². The molecule has 3 amide bonds. The van der Waals surface area contributed by atoms with Gasteiger partial charge in [-0.15, -0.1) is 6.58 Å². The smallest absolute Gasteiger partial charge is 0.319 e. The molecular formula is C21H22N4O2. The zero-order valence-corrected chi connectivity index (χ0v) is 14.9. The Morgan fingerprint density at radius 3 is 2.59 bits per heavy atom. The van der Waals surface area contributed by atoms with Crippen molar-refractivity contribution in [1.82, 2.24) is 15.6 Å². The number of amides is 3. The predicted molar refractivity (Wildman–Crippen MR) is 108 cm³/mol. The van der Waals surface area contributed by atoms with Crippen LogP contribution in [-0.2, 0) is 11.2 Å². The van der Waals surface area contributed by atoms with Gasteiger partial charge in [-0.05, 0) is 23.8 Å². The Bertz CT molecular complexity index is 934. The van der Waals surface area contributed by atoms with Crippen molar-refractivity contribution in [2.75, 3.05) is 11.9 Å². The molecule has 138 valence electrons. The summed E-state index contributed by atoms with van der Waals surface area (Å²) in [5.74, 6) is -0.261. The molecule has 0 spiro atoms. The molecule has 1 atom stereocenters. The summed E-state index contributed by atoms with van der Waals surface area (Å²) in [7, 11) is 0. The van der Waals surface area contributed by atoms with Crippen molar-refractivity contribution in [3.8, 4) is 0 Å². The minimum Gasteiger partial charge on any atom is -0.361 e. The average molecular weight is 362 g/mol. The molecule has 1 aromatic heterocycles. The Kier molecular flexibility index (Phi) is 5.89. The number of H-pyrrole nitrogens is 1. The van der Waals surface area contributed by atoms with E-state index in [4.69, 9.17) is 0 Å². The summed E-state index contributed by atoms with van der Waals surface area (Å²) in [6.45, 7) is 3.94. The number of urea groups is 1. The lowest BCUT2D eigenvalue weighted by atomic mass is 10.0. The van der Waals surface area contributed by atoms with Gasteiger partial charge in [-0.1, -0.05) is 42.5 Å². The van der Waals surface area contributed by atoms with Crippen molar-refractivity contribution >= 4 is 28.5 Å². The van der Waals surface area contributed by atoms with Crippen LogP contribution in [0.15, 0.2) is 73.4 Å². The van der Waals surface area contributed by atoms with Gasteiger partial charge in [0.25, 0.3) is 0 Å². The number of hydrogen-bond acceptors (Lipinski definition) is 2. The second kappa shape index (κ2) is 8.71. The summed E-state index contributed by atoms with van der Waals surface area (Å²) in [5, 5.41) is 9.29. The van der Waals surface area contributed by atoms with Crippen molar-refractivity contribution in [2.24, 2.45) is 0 Å². The number of anilines is 1. The van der Waals surface area contributed by atoms with Crippen LogP contribution in [0.3, 0.4) is 0 Å². The van der Waals surface area contributed by atoms with E-state index in [1.54, 1.807) is 18.2 Å². The van der Waals surface area contributed by atoms with Gasteiger partial charge in [0, 0.05) is 35.8 Å². The van der Waals surface area contributed by atoms with Gasteiger partial charge in [-0.25, -0.2) is 4.79 Å². The van der Waals surface area contributed by atoms with E-state index in [1.165, 1.54) is 0 Å². The molecule has 3 aromatic rings. The summed E-state index contributed by atoms with van der Waals surface area (Å²) in [6.07, 6.45) is 3.84. The highest BCUT2D eigenvalue weighted by molar-refractivity contribution is 5.94. The highest BCUT2D eigenvalue weighted by Crippen LogP contribution is 2.19. The first kappa shape index (κ1) is 18.3. The molecule has 2 aromatic carbocycles. The largest absolute Gasteiger partial charge is 0.361 e. The third-order valence-electron chi connectivity index (χ3n) is 4.17. The molecule has 0 aliphatic carbocycles. The first-order valence-corrected chi connectivity index (χ1v) is 8.73. The van der Waals surface area contributed by atoms with Gasteiger partial charge in [-0.3, -0.25) is 4.79 Å². The van der Waals surface area contributed by atoms with E-state index in [9.17, 15) is 9.59 Å².